The van der Waals surface area contributed by atoms with Gasteiger partial charge in [-0.2, -0.15) is 0 Å². The monoisotopic (exact) mass is 198 g/mol. The smallest absolute Gasteiger partial charge is 0.0700 e. The van der Waals surface area contributed by atoms with E-state index in [1.807, 2.05) is 0 Å². The molecule has 0 saturated carbocycles. The Labute approximate surface area is 86.6 Å². The van der Waals surface area contributed by atoms with Gasteiger partial charge in [-0.05, 0) is 44.3 Å². The van der Waals surface area contributed by atoms with E-state index in [0.717, 1.165) is 31.5 Å². The molecule has 2 fully saturated rings. The summed E-state index contributed by atoms with van der Waals surface area (Å²) in [7, 11) is 0. The van der Waals surface area contributed by atoms with Crippen LogP contribution in [0.1, 0.15) is 19.8 Å². The Kier molecular flexibility index (Phi) is 3.79. The van der Waals surface area contributed by atoms with Gasteiger partial charge in [-0.3, -0.25) is 0 Å². The molecule has 2 atom stereocenters. The van der Waals surface area contributed by atoms with Gasteiger partial charge in [-0.1, -0.05) is 6.92 Å². The molecule has 2 aliphatic heterocycles. The van der Waals surface area contributed by atoms with Crippen LogP contribution in [0.3, 0.4) is 0 Å². The summed E-state index contributed by atoms with van der Waals surface area (Å²) in [5.74, 6) is 1.70. The average Bonchev–Trinajstić information content (AvgIpc) is 2.53. The van der Waals surface area contributed by atoms with Crippen molar-refractivity contribution in [1.82, 2.24) is 10.6 Å². The molecule has 0 radical (unpaired) electrons. The van der Waals surface area contributed by atoms with E-state index in [2.05, 4.69) is 17.6 Å². The molecule has 2 saturated heterocycles. The standard InChI is InChI=1S/C11H22N2O/c1-9(10-6-13-7-10)5-12-8-11-3-2-4-14-11/h9-13H,2-8H2,1H3. The molecule has 3 heteroatoms. The quantitative estimate of drug-likeness (QED) is 0.679. The molecule has 0 bridgehead atoms. The van der Waals surface area contributed by atoms with E-state index in [0.29, 0.717) is 6.10 Å². The van der Waals surface area contributed by atoms with Crippen molar-refractivity contribution in [2.24, 2.45) is 11.8 Å². The summed E-state index contributed by atoms with van der Waals surface area (Å²) < 4.78 is 5.56. The van der Waals surface area contributed by atoms with Gasteiger partial charge in [-0.15, -0.1) is 0 Å². The maximum atomic E-state index is 5.56. The summed E-state index contributed by atoms with van der Waals surface area (Å²) >= 11 is 0. The third-order valence-corrected chi connectivity index (χ3v) is 3.48. The Balaban J connectivity index is 1.52. The molecular formula is C11H22N2O. The van der Waals surface area contributed by atoms with Crippen LogP contribution >= 0.6 is 0 Å². The summed E-state index contributed by atoms with van der Waals surface area (Å²) in [5.41, 5.74) is 0. The minimum Gasteiger partial charge on any atom is -0.377 e. The highest BCUT2D eigenvalue weighted by Crippen LogP contribution is 2.15. The zero-order chi connectivity index (χ0) is 9.80. The van der Waals surface area contributed by atoms with Gasteiger partial charge in [-0.25, -0.2) is 0 Å². The first-order valence-electron chi connectivity index (χ1n) is 5.89. The van der Waals surface area contributed by atoms with E-state index >= 15 is 0 Å². The fourth-order valence-corrected chi connectivity index (χ4v) is 2.16. The van der Waals surface area contributed by atoms with Gasteiger partial charge < -0.3 is 15.4 Å². The van der Waals surface area contributed by atoms with Crippen molar-refractivity contribution in [2.75, 3.05) is 32.8 Å². The van der Waals surface area contributed by atoms with Crippen molar-refractivity contribution in [3.63, 3.8) is 0 Å². The van der Waals surface area contributed by atoms with Crippen molar-refractivity contribution in [2.45, 2.75) is 25.9 Å². The molecule has 2 rings (SSSR count). The van der Waals surface area contributed by atoms with Crippen LogP contribution in [-0.4, -0.2) is 38.9 Å². The summed E-state index contributed by atoms with van der Waals surface area (Å²) in [6.07, 6.45) is 2.97. The molecule has 0 aliphatic carbocycles. The molecule has 0 amide bonds. The maximum absolute atomic E-state index is 5.56. The number of nitrogens with one attached hydrogen (secondary N) is 2. The van der Waals surface area contributed by atoms with Gasteiger partial charge in [0.15, 0.2) is 0 Å². The molecule has 0 aromatic heterocycles. The highest BCUT2D eigenvalue weighted by molar-refractivity contribution is 4.80. The zero-order valence-electron chi connectivity index (χ0n) is 9.09. The van der Waals surface area contributed by atoms with E-state index in [1.165, 1.54) is 25.9 Å². The van der Waals surface area contributed by atoms with E-state index in [-0.39, 0.29) is 0 Å². The van der Waals surface area contributed by atoms with Gasteiger partial charge in [0.1, 0.15) is 0 Å². The molecule has 82 valence electrons. The predicted octanol–water partition coefficient (Wildman–Crippen LogP) is 0.611. The van der Waals surface area contributed by atoms with Crippen molar-refractivity contribution in [3.05, 3.63) is 0 Å². The number of ether oxygens (including phenoxy) is 1. The lowest BCUT2D eigenvalue weighted by Crippen LogP contribution is -2.48. The van der Waals surface area contributed by atoms with Gasteiger partial charge in [0.2, 0.25) is 0 Å². The SMILES string of the molecule is CC(CNCC1CCCO1)C1CNC1. The molecule has 2 N–H and O–H groups in total. The predicted molar refractivity (Wildman–Crippen MR) is 57.4 cm³/mol. The lowest BCUT2D eigenvalue weighted by Gasteiger charge is -2.33. The Morgan fingerprint density at radius 3 is 2.93 bits per heavy atom. The molecule has 2 unspecified atom stereocenters. The fraction of sp³-hybridized carbons (Fsp3) is 1.00. The first kappa shape index (κ1) is 10.4. The Hall–Kier alpha value is -0.120. The fourth-order valence-electron chi connectivity index (χ4n) is 2.16. The van der Waals surface area contributed by atoms with Crippen LogP contribution < -0.4 is 10.6 Å². The van der Waals surface area contributed by atoms with Gasteiger partial charge in [0, 0.05) is 13.2 Å². The van der Waals surface area contributed by atoms with Gasteiger partial charge >= 0.3 is 0 Å². The summed E-state index contributed by atoms with van der Waals surface area (Å²) in [5, 5.41) is 6.84. The summed E-state index contributed by atoms with van der Waals surface area (Å²) in [4.78, 5) is 0. The summed E-state index contributed by atoms with van der Waals surface area (Å²) in [6.45, 7) is 7.92. The largest absolute Gasteiger partial charge is 0.377 e. The second-order valence-electron chi connectivity index (χ2n) is 4.69. The number of hydrogen-bond acceptors (Lipinski definition) is 3. The van der Waals surface area contributed by atoms with Crippen LogP contribution in [0, 0.1) is 11.8 Å². The highest BCUT2D eigenvalue weighted by Gasteiger charge is 2.23. The van der Waals surface area contributed by atoms with Gasteiger partial charge in [0.25, 0.3) is 0 Å². The van der Waals surface area contributed by atoms with Gasteiger partial charge in [0.05, 0.1) is 6.10 Å². The first-order valence-corrected chi connectivity index (χ1v) is 5.89. The van der Waals surface area contributed by atoms with E-state index in [4.69, 9.17) is 4.74 Å². The van der Waals surface area contributed by atoms with Crippen LogP contribution in [0.15, 0.2) is 0 Å². The number of hydrogen-bond donors (Lipinski definition) is 2. The van der Waals surface area contributed by atoms with Crippen LogP contribution in [0.25, 0.3) is 0 Å². The van der Waals surface area contributed by atoms with Crippen molar-refractivity contribution >= 4 is 0 Å². The van der Waals surface area contributed by atoms with Crippen molar-refractivity contribution in [3.8, 4) is 0 Å². The third-order valence-electron chi connectivity index (χ3n) is 3.48. The molecule has 3 nitrogen and oxygen atoms in total. The molecule has 2 heterocycles. The average molecular weight is 198 g/mol. The first-order chi connectivity index (χ1) is 6.86. The third kappa shape index (κ3) is 2.69. The lowest BCUT2D eigenvalue weighted by atomic mass is 9.89. The van der Waals surface area contributed by atoms with E-state index in [1.54, 1.807) is 0 Å². The molecule has 2 aliphatic rings. The van der Waals surface area contributed by atoms with E-state index < -0.39 is 0 Å². The normalized spacial score (nSPS) is 30.2. The maximum Gasteiger partial charge on any atom is 0.0700 e. The topological polar surface area (TPSA) is 33.3 Å². The molecule has 14 heavy (non-hydrogen) atoms. The van der Waals surface area contributed by atoms with Crippen LogP contribution in [0.2, 0.25) is 0 Å². The van der Waals surface area contributed by atoms with Crippen LogP contribution in [0.4, 0.5) is 0 Å². The second kappa shape index (κ2) is 5.10. The Morgan fingerprint density at radius 1 is 1.50 bits per heavy atom. The van der Waals surface area contributed by atoms with E-state index in [9.17, 15) is 0 Å². The second-order valence-corrected chi connectivity index (χ2v) is 4.69. The minimum absolute atomic E-state index is 0.488. The Morgan fingerprint density at radius 2 is 2.36 bits per heavy atom. The number of rotatable bonds is 5. The van der Waals surface area contributed by atoms with Crippen molar-refractivity contribution in [1.29, 1.82) is 0 Å². The van der Waals surface area contributed by atoms with Crippen LogP contribution in [-0.2, 0) is 4.74 Å². The molecule has 0 aromatic carbocycles. The molecular weight excluding hydrogens is 176 g/mol. The summed E-state index contributed by atoms with van der Waals surface area (Å²) in [6, 6.07) is 0. The Bertz CT molecular complexity index is 165. The van der Waals surface area contributed by atoms with Crippen LogP contribution in [0.5, 0.6) is 0 Å². The zero-order valence-corrected chi connectivity index (χ0v) is 9.09. The molecule has 0 spiro atoms. The minimum atomic E-state index is 0.488. The lowest BCUT2D eigenvalue weighted by molar-refractivity contribution is 0.107. The van der Waals surface area contributed by atoms with Crippen molar-refractivity contribution < 1.29 is 4.74 Å². The molecule has 0 aromatic rings. The highest BCUT2D eigenvalue weighted by atomic mass is 16.5.